The first-order valence-electron chi connectivity index (χ1n) is 10.6. The van der Waals surface area contributed by atoms with Crippen LogP contribution >= 0.6 is 11.6 Å². The lowest BCUT2D eigenvalue weighted by Crippen LogP contribution is -2.11. The summed E-state index contributed by atoms with van der Waals surface area (Å²) in [5.74, 6) is 0.944. The molecule has 5 N–H and O–H groups in total. The Morgan fingerprint density at radius 3 is 1.75 bits per heavy atom. The lowest BCUT2D eigenvalue weighted by Gasteiger charge is -2.09. The van der Waals surface area contributed by atoms with Crippen LogP contribution in [0.25, 0.3) is 11.4 Å². The first-order chi connectivity index (χ1) is 18.6. The van der Waals surface area contributed by atoms with Crippen LogP contribution in [0.4, 0.5) is 38.0 Å². The standard InChI is InChI=1S/C11H9F3N4.C7H6BF3NO2.C4H4ClN3/c1-6-4-7(5-17-9(6)11(12,13)14)10-16-3-2-8(15)18-10;1-4-2-5(14-8-13)3-12-6(4)7(9,10)11;5-4-7-2-1-3(6)8-4/h2-5H,1H3,(H2,15,16,18);2-3,13H,1H3;1-2H,(H2,6,7,8). The maximum atomic E-state index is 12.5. The average Bonchev–Trinajstić information content (AvgIpc) is 2.83. The monoisotopic (exact) mass is 587 g/mol. The van der Waals surface area contributed by atoms with Crippen LogP contribution in [-0.4, -0.2) is 42.6 Å². The minimum absolute atomic E-state index is 0.0195. The van der Waals surface area contributed by atoms with Crippen molar-refractivity contribution in [2.24, 2.45) is 0 Å². The predicted molar refractivity (Wildman–Crippen MR) is 133 cm³/mol. The van der Waals surface area contributed by atoms with Crippen LogP contribution in [0.1, 0.15) is 22.5 Å². The van der Waals surface area contributed by atoms with Gasteiger partial charge in [-0.1, -0.05) is 0 Å². The molecule has 1 radical (unpaired) electrons. The number of rotatable bonds is 3. The van der Waals surface area contributed by atoms with E-state index in [1.54, 1.807) is 6.07 Å². The van der Waals surface area contributed by atoms with E-state index in [0.29, 0.717) is 19.1 Å². The number of nitrogens with two attached hydrogens (primary N) is 2. The molecule has 18 heteroatoms. The molecular weight excluding hydrogens is 569 g/mol. The Kier molecular flexibility index (Phi) is 11.0. The zero-order valence-corrected chi connectivity index (χ0v) is 21.3. The molecule has 4 aromatic rings. The summed E-state index contributed by atoms with van der Waals surface area (Å²) in [5.41, 5.74) is 9.20. The second-order valence-corrected chi connectivity index (χ2v) is 7.84. The van der Waals surface area contributed by atoms with Crippen molar-refractivity contribution in [3.05, 3.63) is 76.9 Å². The van der Waals surface area contributed by atoms with Gasteiger partial charge in [0.25, 0.3) is 0 Å². The summed E-state index contributed by atoms with van der Waals surface area (Å²) in [6, 6.07) is 5.55. The van der Waals surface area contributed by atoms with Crippen LogP contribution in [0.5, 0.6) is 5.75 Å². The van der Waals surface area contributed by atoms with Gasteiger partial charge in [-0.25, -0.2) is 24.9 Å². The van der Waals surface area contributed by atoms with Gasteiger partial charge in [0, 0.05) is 24.2 Å². The van der Waals surface area contributed by atoms with Crippen molar-refractivity contribution in [2.45, 2.75) is 26.2 Å². The third-order valence-electron chi connectivity index (χ3n) is 4.44. The summed E-state index contributed by atoms with van der Waals surface area (Å²) in [7, 11) is 0.379. The molecule has 0 saturated carbocycles. The number of hydrogen-bond acceptors (Lipinski definition) is 10. The van der Waals surface area contributed by atoms with E-state index in [2.05, 4.69) is 34.6 Å². The van der Waals surface area contributed by atoms with Crippen molar-refractivity contribution in [3.8, 4) is 17.1 Å². The molecule has 0 saturated heterocycles. The molecule has 0 spiro atoms. The number of anilines is 2. The normalized spacial score (nSPS) is 10.9. The highest BCUT2D eigenvalue weighted by Gasteiger charge is 2.35. The van der Waals surface area contributed by atoms with Gasteiger partial charge < -0.3 is 21.1 Å². The Labute approximate surface area is 228 Å². The SMILES string of the molecule is Cc1cc(-c2nccc(N)n2)cnc1C(F)(F)F.Cc1cc(O[B]O)cnc1C(F)(F)F.Nc1ccnc(Cl)n1. The molecule has 0 unspecified atom stereocenters. The maximum Gasteiger partial charge on any atom is 0.569 e. The fourth-order valence-corrected chi connectivity index (χ4v) is 2.98. The molecule has 4 rings (SSSR count). The van der Waals surface area contributed by atoms with Gasteiger partial charge in [0.05, 0.1) is 6.20 Å². The number of nitrogen functional groups attached to an aromatic ring is 2. The average molecular weight is 588 g/mol. The van der Waals surface area contributed by atoms with E-state index in [1.165, 1.54) is 38.4 Å². The van der Waals surface area contributed by atoms with Gasteiger partial charge in [0.1, 0.15) is 28.8 Å². The van der Waals surface area contributed by atoms with E-state index in [9.17, 15) is 26.3 Å². The highest BCUT2D eigenvalue weighted by Crippen LogP contribution is 2.32. The van der Waals surface area contributed by atoms with Crippen LogP contribution in [0, 0.1) is 13.8 Å². The molecule has 0 amide bonds. The van der Waals surface area contributed by atoms with Crippen molar-refractivity contribution in [2.75, 3.05) is 11.5 Å². The quantitative estimate of drug-likeness (QED) is 0.177. The molecule has 10 nitrogen and oxygen atoms in total. The molecule has 0 aliphatic carbocycles. The van der Waals surface area contributed by atoms with Gasteiger partial charge in [-0.05, 0) is 60.8 Å². The third kappa shape index (κ3) is 9.81. The minimum atomic E-state index is -4.47. The van der Waals surface area contributed by atoms with Gasteiger partial charge in [0.2, 0.25) is 5.28 Å². The molecular formula is C22H19BClF6N8O2. The van der Waals surface area contributed by atoms with E-state index < -0.39 is 23.7 Å². The van der Waals surface area contributed by atoms with Gasteiger partial charge >= 0.3 is 20.0 Å². The third-order valence-corrected chi connectivity index (χ3v) is 4.62. The van der Waals surface area contributed by atoms with Gasteiger partial charge in [-0.3, -0.25) is 4.98 Å². The van der Waals surface area contributed by atoms with E-state index in [4.69, 9.17) is 28.1 Å². The molecule has 4 heterocycles. The Bertz CT molecular complexity index is 1410. The van der Waals surface area contributed by atoms with Gasteiger partial charge in [-0.15, -0.1) is 0 Å². The minimum Gasteiger partial charge on any atom is -0.536 e. The number of nitrogens with zero attached hydrogens (tertiary/aromatic N) is 6. The number of alkyl halides is 6. The predicted octanol–water partition coefficient (Wildman–Crippen LogP) is 4.47. The van der Waals surface area contributed by atoms with Crippen LogP contribution in [0.2, 0.25) is 5.28 Å². The van der Waals surface area contributed by atoms with E-state index in [0.717, 1.165) is 18.5 Å². The van der Waals surface area contributed by atoms with E-state index >= 15 is 0 Å². The zero-order chi connectivity index (χ0) is 30.1. The largest absolute Gasteiger partial charge is 0.569 e. The van der Waals surface area contributed by atoms with Crippen LogP contribution in [0.3, 0.4) is 0 Å². The molecule has 0 bridgehead atoms. The number of hydrogen-bond donors (Lipinski definition) is 3. The topological polar surface area (TPSA) is 159 Å². The first kappa shape index (κ1) is 32.0. The van der Waals surface area contributed by atoms with Crippen LogP contribution in [-0.2, 0) is 12.4 Å². The Morgan fingerprint density at radius 1 is 0.800 bits per heavy atom. The number of aryl methyl sites for hydroxylation is 2. The van der Waals surface area contributed by atoms with Crippen molar-refractivity contribution in [3.63, 3.8) is 0 Å². The first-order valence-corrected chi connectivity index (χ1v) is 11.0. The lowest BCUT2D eigenvalue weighted by atomic mass is 10.1. The molecule has 0 atom stereocenters. The fourth-order valence-electron chi connectivity index (χ4n) is 2.82. The number of pyridine rings is 2. The molecule has 211 valence electrons. The van der Waals surface area contributed by atoms with Gasteiger partial charge in [-0.2, -0.15) is 26.3 Å². The summed E-state index contributed by atoms with van der Waals surface area (Å²) < 4.78 is 78.7. The summed E-state index contributed by atoms with van der Waals surface area (Å²) in [5, 5.41) is 8.43. The zero-order valence-electron chi connectivity index (χ0n) is 20.5. The van der Waals surface area contributed by atoms with E-state index in [-0.39, 0.29) is 33.8 Å². The van der Waals surface area contributed by atoms with Gasteiger partial charge in [0.15, 0.2) is 5.82 Å². The summed E-state index contributed by atoms with van der Waals surface area (Å²) in [6.07, 6.45) is -4.01. The highest BCUT2D eigenvalue weighted by molar-refractivity contribution is 6.28. The lowest BCUT2D eigenvalue weighted by molar-refractivity contribution is -0.142. The van der Waals surface area contributed by atoms with Crippen molar-refractivity contribution in [1.29, 1.82) is 0 Å². The molecule has 40 heavy (non-hydrogen) atoms. The molecule has 0 aromatic carbocycles. The highest BCUT2D eigenvalue weighted by atomic mass is 35.5. The fraction of sp³-hybridized carbons (Fsp3) is 0.182. The Hall–Kier alpha value is -4.25. The summed E-state index contributed by atoms with van der Waals surface area (Å²) in [4.78, 5) is 21.7. The molecule has 0 fully saturated rings. The van der Waals surface area contributed by atoms with Crippen LogP contribution in [0.15, 0.2) is 49.1 Å². The van der Waals surface area contributed by atoms with E-state index in [1.807, 2.05) is 0 Å². The molecule has 4 aromatic heterocycles. The summed E-state index contributed by atoms with van der Waals surface area (Å²) in [6.45, 7) is 2.60. The summed E-state index contributed by atoms with van der Waals surface area (Å²) >= 11 is 5.34. The second kappa shape index (κ2) is 13.7. The smallest absolute Gasteiger partial charge is 0.536 e. The Balaban J connectivity index is 0.000000226. The van der Waals surface area contributed by atoms with Crippen molar-refractivity contribution in [1.82, 2.24) is 29.9 Å². The second-order valence-electron chi connectivity index (χ2n) is 7.50. The molecule has 0 aliphatic rings. The maximum absolute atomic E-state index is 12.5. The van der Waals surface area contributed by atoms with Crippen LogP contribution < -0.4 is 16.1 Å². The number of halogens is 7. The number of aromatic nitrogens is 6. The Morgan fingerprint density at radius 2 is 1.32 bits per heavy atom. The molecule has 0 aliphatic heterocycles. The van der Waals surface area contributed by atoms with Crippen molar-refractivity contribution < 1.29 is 36.0 Å². The van der Waals surface area contributed by atoms with Crippen molar-refractivity contribution >= 4 is 30.9 Å².